The van der Waals surface area contributed by atoms with Crippen LogP contribution in [0, 0.1) is 11.3 Å². The highest BCUT2D eigenvalue weighted by atomic mass is 16.5. The van der Waals surface area contributed by atoms with E-state index in [1.807, 2.05) is 24.3 Å². The first kappa shape index (κ1) is 14.6. The van der Waals surface area contributed by atoms with Gasteiger partial charge in [-0.25, -0.2) is 5.84 Å². The Kier molecular flexibility index (Phi) is 4.91. The van der Waals surface area contributed by atoms with E-state index in [0.29, 0.717) is 17.9 Å². The van der Waals surface area contributed by atoms with Crippen LogP contribution in [0.2, 0.25) is 0 Å². The van der Waals surface area contributed by atoms with Crippen molar-refractivity contribution in [3.63, 3.8) is 0 Å². The van der Waals surface area contributed by atoms with Crippen LogP contribution >= 0.6 is 0 Å². The monoisotopic (exact) mass is 281 g/mol. The number of nitrogens with zero attached hydrogens (tertiary/aromatic N) is 1. The molecule has 0 aliphatic rings. The molecule has 0 atom stereocenters. The molecule has 5 heteroatoms. The molecule has 2 aromatic carbocycles. The number of nitriles is 1. The minimum absolute atomic E-state index is 0.229. The van der Waals surface area contributed by atoms with Crippen molar-refractivity contribution < 1.29 is 9.53 Å². The van der Waals surface area contributed by atoms with E-state index >= 15 is 0 Å². The number of carbonyl (C=O) groups is 1. The Labute approximate surface area is 122 Å². The third-order valence-electron chi connectivity index (χ3n) is 2.92. The highest BCUT2D eigenvalue weighted by Gasteiger charge is 2.02. The molecule has 21 heavy (non-hydrogen) atoms. The van der Waals surface area contributed by atoms with Crippen LogP contribution in [-0.4, -0.2) is 5.91 Å². The fourth-order valence-corrected chi connectivity index (χ4v) is 1.81. The van der Waals surface area contributed by atoms with Crippen LogP contribution in [0.5, 0.6) is 5.75 Å². The minimum atomic E-state index is -0.229. The average Bonchev–Trinajstić information content (AvgIpc) is 2.54. The second kappa shape index (κ2) is 7.08. The van der Waals surface area contributed by atoms with Gasteiger partial charge < -0.3 is 4.74 Å². The lowest BCUT2D eigenvalue weighted by molar-refractivity contribution is -0.120. The van der Waals surface area contributed by atoms with Gasteiger partial charge in [0.05, 0.1) is 18.1 Å². The van der Waals surface area contributed by atoms with Crippen LogP contribution in [0.15, 0.2) is 48.5 Å². The van der Waals surface area contributed by atoms with E-state index in [4.69, 9.17) is 15.8 Å². The largest absolute Gasteiger partial charge is 0.489 e. The second-order valence-electron chi connectivity index (χ2n) is 4.49. The van der Waals surface area contributed by atoms with E-state index in [0.717, 1.165) is 11.1 Å². The molecule has 2 aromatic rings. The molecule has 0 fully saturated rings. The summed E-state index contributed by atoms with van der Waals surface area (Å²) in [4.78, 5) is 11.2. The third kappa shape index (κ3) is 4.34. The molecule has 5 nitrogen and oxygen atoms in total. The lowest BCUT2D eigenvalue weighted by atomic mass is 10.1. The first-order chi connectivity index (χ1) is 10.2. The van der Waals surface area contributed by atoms with Crippen LogP contribution in [0.25, 0.3) is 0 Å². The summed E-state index contributed by atoms with van der Waals surface area (Å²) in [7, 11) is 0. The Morgan fingerprint density at radius 1 is 1.19 bits per heavy atom. The first-order valence-corrected chi connectivity index (χ1v) is 6.41. The number of benzene rings is 2. The molecule has 0 unspecified atom stereocenters. The minimum Gasteiger partial charge on any atom is -0.489 e. The fourth-order valence-electron chi connectivity index (χ4n) is 1.81. The Bertz CT molecular complexity index is 660. The summed E-state index contributed by atoms with van der Waals surface area (Å²) < 4.78 is 5.63. The average molecular weight is 281 g/mol. The third-order valence-corrected chi connectivity index (χ3v) is 2.92. The molecule has 3 N–H and O–H groups in total. The molecule has 106 valence electrons. The molecule has 0 bridgehead atoms. The zero-order valence-corrected chi connectivity index (χ0v) is 11.4. The van der Waals surface area contributed by atoms with Crippen molar-refractivity contribution in [3.8, 4) is 11.8 Å². The van der Waals surface area contributed by atoms with Crippen LogP contribution in [0.4, 0.5) is 0 Å². The second-order valence-corrected chi connectivity index (χ2v) is 4.49. The van der Waals surface area contributed by atoms with Gasteiger partial charge in [-0.3, -0.25) is 10.2 Å². The van der Waals surface area contributed by atoms with Crippen LogP contribution < -0.4 is 16.0 Å². The predicted octanol–water partition coefficient (Wildman–Crippen LogP) is 1.67. The van der Waals surface area contributed by atoms with Crippen molar-refractivity contribution in [3.05, 3.63) is 65.2 Å². The number of carbonyl (C=O) groups excluding carboxylic acids is 1. The molecule has 2 rings (SSSR count). The summed E-state index contributed by atoms with van der Waals surface area (Å²) in [6, 6.07) is 16.6. The number of hydrogen-bond acceptors (Lipinski definition) is 4. The summed E-state index contributed by atoms with van der Waals surface area (Å²) in [5.74, 6) is 5.47. The SMILES string of the molecule is N#Cc1cccc(OCc2ccc(CC(=O)NN)cc2)c1. The van der Waals surface area contributed by atoms with Gasteiger partial charge >= 0.3 is 0 Å². The maximum absolute atomic E-state index is 11.2. The number of hydrazine groups is 1. The molecular weight excluding hydrogens is 266 g/mol. The number of hydrogen-bond donors (Lipinski definition) is 2. The van der Waals surface area contributed by atoms with Crippen molar-refractivity contribution >= 4 is 5.91 Å². The molecule has 0 spiro atoms. The van der Waals surface area contributed by atoms with Crippen molar-refractivity contribution in [1.29, 1.82) is 5.26 Å². The van der Waals surface area contributed by atoms with Gasteiger partial charge in [0.25, 0.3) is 0 Å². The van der Waals surface area contributed by atoms with Gasteiger partial charge in [-0.05, 0) is 29.3 Å². The summed E-state index contributed by atoms with van der Waals surface area (Å²) >= 11 is 0. The lowest BCUT2D eigenvalue weighted by Gasteiger charge is -2.07. The molecular formula is C16H15N3O2. The van der Waals surface area contributed by atoms with Crippen LogP contribution in [0.1, 0.15) is 16.7 Å². The van der Waals surface area contributed by atoms with E-state index in [-0.39, 0.29) is 12.3 Å². The lowest BCUT2D eigenvalue weighted by Crippen LogP contribution is -2.31. The molecule has 0 saturated carbocycles. The Morgan fingerprint density at radius 2 is 1.90 bits per heavy atom. The van der Waals surface area contributed by atoms with Crippen LogP contribution in [0.3, 0.4) is 0 Å². The maximum Gasteiger partial charge on any atom is 0.238 e. The van der Waals surface area contributed by atoms with E-state index in [2.05, 4.69) is 11.5 Å². The number of nitrogens with two attached hydrogens (primary N) is 1. The number of rotatable bonds is 5. The van der Waals surface area contributed by atoms with Gasteiger partial charge in [-0.1, -0.05) is 30.3 Å². The molecule has 1 amide bonds. The number of nitrogens with one attached hydrogen (secondary N) is 1. The highest BCUT2D eigenvalue weighted by Crippen LogP contribution is 2.15. The van der Waals surface area contributed by atoms with Gasteiger partial charge in [-0.15, -0.1) is 0 Å². The zero-order valence-electron chi connectivity index (χ0n) is 11.4. The maximum atomic E-state index is 11.2. The zero-order chi connectivity index (χ0) is 15.1. The standard InChI is InChI=1S/C16H15N3O2/c17-10-14-2-1-3-15(8-14)21-11-13-6-4-12(5-7-13)9-16(20)19-18/h1-8H,9,11,18H2,(H,19,20). The molecule has 0 aliphatic carbocycles. The van der Waals surface area contributed by atoms with Crippen molar-refractivity contribution in [2.24, 2.45) is 5.84 Å². The molecule has 0 radical (unpaired) electrons. The summed E-state index contributed by atoms with van der Waals surface area (Å²) in [5, 5.41) is 8.82. The number of ether oxygens (including phenoxy) is 1. The van der Waals surface area contributed by atoms with Gasteiger partial charge in [0.15, 0.2) is 0 Å². The van der Waals surface area contributed by atoms with Crippen molar-refractivity contribution in [2.75, 3.05) is 0 Å². The molecule has 0 saturated heterocycles. The summed E-state index contributed by atoms with van der Waals surface area (Å²) in [6.07, 6.45) is 0.252. The topological polar surface area (TPSA) is 88.1 Å². The smallest absolute Gasteiger partial charge is 0.238 e. The Hall–Kier alpha value is -2.84. The Balaban J connectivity index is 1.94. The highest BCUT2D eigenvalue weighted by molar-refractivity contribution is 5.77. The Morgan fingerprint density at radius 3 is 2.57 bits per heavy atom. The predicted molar refractivity (Wildman–Crippen MR) is 78.0 cm³/mol. The number of amides is 1. The van der Waals surface area contributed by atoms with E-state index in [1.165, 1.54) is 0 Å². The summed E-state index contributed by atoms with van der Waals surface area (Å²) in [5.41, 5.74) is 4.52. The fraction of sp³-hybridized carbons (Fsp3) is 0.125. The van der Waals surface area contributed by atoms with Crippen molar-refractivity contribution in [1.82, 2.24) is 5.43 Å². The van der Waals surface area contributed by atoms with E-state index in [1.54, 1.807) is 24.3 Å². The summed E-state index contributed by atoms with van der Waals surface area (Å²) in [6.45, 7) is 0.401. The molecule has 0 aromatic heterocycles. The van der Waals surface area contributed by atoms with Crippen molar-refractivity contribution in [2.45, 2.75) is 13.0 Å². The quantitative estimate of drug-likeness (QED) is 0.495. The molecule has 0 heterocycles. The van der Waals surface area contributed by atoms with Gasteiger partial charge in [-0.2, -0.15) is 5.26 Å². The van der Waals surface area contributed by atoms with Gasteiger partial charge in [0.2, 0.25) is 5.91 Å². The first-order valence-electron chi connectivity index (χ1n) is 6.41. The van der Waals surface area contributed by atoms with E-state index < -0.39 is 0 Å². The van der Waals surface area contributed by atoms with Gasteiger partial charge in [0.1, 0.15) is 12.4 Å². The molecule has 0 aliphatic heterocycles. The normalized spacial score (nSPS) is 9.71. The van der Waals surface area contributed by atoms with E-state index in [9.17, 15) is 4.79 Å². The van der Waals surface area contributed by atoms with Gasteiger partial charge in [0, 0.05) is 0 Å². The van der Waals surface area contributed by atoms with Crippen LogP contribution in [-0.2, 0) is 17.8 Å².